The summed E-state index contributed by atoms with van der Waals surface area (Å²) in [5, 5.41) is 5.49. The van der Waals surface area contributed by atoms with E-state index in [0.717, 1.165) is 0 Å². The number of amides is 2. The van der Waals surface area contributed by atoms with Gasteiger partial charge in [0.25, 0.3) is 11.8 Å². The lowest BCUT2D eigenvalue weighted by atomic mass is 9.93. The van der Waals surface area contributed by atoms with Crippen molar-refractivity contribution in [2.75, 3.05) is 19.5 Å². The third kappa shape index (κ3) is 2.46. The molecule has 2 amide bonds. The van der Waals surface area contributed by atoms with E-state index in [4.69, 9.17) is 10.6 Å². The van der Waals surface area contributed by atoms with Gasteiger partial charge in [-0.05, 0) is 23.8 Å². The van der Waals surface area contributed by atoms with Crippen LogP contribution in [0.15, 0.2) is 30.5 Å². The van der Waals surface area contributed by atoms with Gasteiger partial charge in [0.2, 0.25) is 0 Å². The first-order valence-corrected chi connectivity index (χ1v) is 6.15. The second kappa shape index (κ2) is 5.68. The van der Waals surface area contributed by atoms with Crippen molar-refractivity contribution < 1.29 is 14.3 Å². The van der Waals surface area contributed by atoms with Gasteiger partial charge in [0.05, 0.1) is 12.8 Å². The van der Waals surface area contributed by atoms with Gasteiger partial charge >= 0.3 is 0 Å². The highest BCUT2D eigenvalue weighted by molar-refractivity contribution is 6.09. The molecule has 1 aromatic carbocycles. The Hall–Kier alpha value is -2.80. The lowest BCUT2D eigenvalue weighted by Crippen LogP contribution is -2.34. The summed E-state index contributed by atoms with van der Waals surface area (Å²) in [6, 6.07) is 3.29. The minimum atomic E-state index is -0.491. The first-order chi connectivity index (χ1) is 10.0. The first-order valence-electron chi connectivity index (χ1n) is 6.15. The van der Waals surface area contributed by atoms with Gasteiger partial charge < -0.3 is 15.4 Å². The molecule has 0 spiro atoms. The zero-order valence-electron chi connectivity index (χ0n) is 11.7. The van der Waals surface area contributed by atoms with E-state index in [2.05, 4.69) is 17.2 Å². The van der Waals surface area contributed by atoms with Crippen molar-refractivity contribution in [2.45, 2.75) is 0 Å². The van der Waals surface area contributed by atoms with Crippen molar-refractivity contribution in [3.05, 3.63) is 41.6 Å². The van der Waals surface area contributed by atoms with Gasteiger partial charge in [0, 0.05) is 18.2 Å². The second-order valence-corrected chi connectivity index (χ2v) is 4.33. The van der Waals surface area contributed by atoms with Crippen LogP contribution in [0.4, 0.5) is 5.69 Å². The maximum absolute atomic E-state index is 12.0. The van der Waals surface area contributed by atoms with Gasteiger partial charge in [0.15, 0.2) is 0 Å². The molecule has 0 fully saturated rings. The van der Waals surface area contributed by atoms with Crippen LogP contribution >= 0.6 is 0 Å². The fraction of sp³-hybridized carbons (Fsp3) is 0.143. The van der Waals surface area contributed by atoms with E-state index in [1.165, 1.54) is 13.2 Å². The van der Waals surface area contributed by atoms with Crippen LogP contribution < -0.4 is 26.6 Å². The maximum Gasteiger partial charge on any atom is 0.281 e. The molecule has 2 rings (SSSR count). The Bertz CT molecular complexity index is 664. The number of nitrogens with two attached hydrogens (primary N) is 1. The molecular weight excluding hydrogens is 272 g/mol. The fourth-order valence-corrected chi connectivity index (χ4v) is 2.15. The summed E-state index contributed by atoms with van der Waals surface area (Å²) in [7, 11) is 3.04. The van der Waals surface area contributed by atoms with Gasteiger partial charge in [-0.2, -0.15) is 0 Å². The molecule has 0 saturated carbocycles. The van der Waals surface area contributed by atoms with Gasteiger partial charge in [-0.1, -0.05) is 6.58 Å². The van der Waals surface area contributed by atoms with Crippen LogP contribution in [0.3, 0.4) is 0 Å². The molecule has 21 heavy (non-hydrogen) atoms. The lowest BCUT2D eigenvalue weighted by Gasteiger charge is -2.24. The molecule has 1 aliphatic heterocycles. The number of nitrogens with one attached hydrogen (secondary N) is 3. The highest BCUT2D eigenvalue weighted by atomic mass is 16.5. The summed E-state index contributed by atoms with van der Waals surface area (Å²) in [4.78, 5) is 23.6. The summed E-state index contributed by atoms with van der Waals surface area (Å²) in [5.74, 6) is 4.88. The molecule has 1 heterocycles. The van der Waals surface area contributed by atoms with E-state index in [1.54, 1.807) is 19.2 Å². The minimum absolute atomic E-state index is 0.224. The number of hydrazine groups is 1. The van der Waals surface area contributed by atoms with Crippen molar-refractivity contribution in [1.82, 2.24) is 10.7 Å². The Kier molecular flexibility index (Phi) is 3.95. The minimum Gasteiger partial charge on any atom is -0.495 e. The SMILES string of the molecule is C=C1C=C(C(=O)NN)Nc2c(OC)ccc(C(=O)NC)c21. The smallest absolute Gasteiger partial charge is 0.281 e. The van der Waals surface area contributed by atoms with Crippen LogP contribution in [0, 0.1) is 0 Å². The number of hydrogen-bond donors (Lipinski definition) is 4. The predicted octanol–water partition coefficient (Wildman–Crippen LogP) is 0.367. The normalized spacial score (nSPS) is 12.7. The number of fused-ring (bicyclic) bond motifs is 1. The molecule has 7 nitrogen and oxygen atoms in total. The number of methoxy groups -OCH3 is 1. The van der Waals surface area contributed by atoms with Crippen molar-refractivity contribution >= 4 is 23.1 Å². The standard InChI is InChI=1S/C14H16N4O3/c1-7-6-9(14(20)18-15)17-12-10(21-3)5-4-8(11(7)12)13(19)16-2/h4-6,17H,1,15H2,2-3H3,(H,16,19)(H,18,20). The maximum atomic E-state index is 12.0. The molecule has 110 valence electrons. The third-order valence-corrected chi connectivity index (χ3v) is 3.13. The molecule has 7 heteroatoms. The van der Waals surface area contributed by atoms with Crippen molar-refractivity contribution in [1.29, 1.82) is 0 Å². The van der Waals surface area contributed by atoms with Crippen molar-refractivity contribution in [2.24, 2.45) is 5.84 Å². The van der Waals surface area contributed by atoms with Crippen LogP contribution in [0.2, 0.25) is 0 Å². The zero-order valence-corrected chi connectivity index (χ0v) is 11.7. The lowest BCUT2D eigenvalue weighted by molar-refractivity contribution is -0.117. The average Bonchev–Trinajstić information content (AvgIpc) is 2.51. The van der Waals surface area contributed by atoms with Crippen LogP contribution in [-0.4, -0.2) is 26.0 Å². The molecule has 0 aliphatic carbocycles. The highest BCUT2D eigenvalue weighted by Crippen LogP contribution is 2.39. The zero-order chi connectivity index (χ0) is 15.6. The van der Waals surface area contributed by atoms with E-state index in [1.807, 2.05) is 5.43 Å². The molecule has 0 bridgehead atoms. The van der Waals surface area contributed by atoms with E-state index in [-0.39, 0.29) is 11.6 Å². The van der Waals surface area contributed by atoms with Gasteiger partial charge in [-0.25, -0.2) is 5.84 Å². The topological polar surface area (TPSA) is 105 Å². The molecule has 0 unspecified atom stereocenters. The van der Waals surface area contributed by atoms with Gasteiger partial charge in [-0.15, -0.1) is 0 Å². The number of hydrogen-bond acceptors (Lipinski definition) is 5. The first kappa shape index (κ1) is 14.6. The van der Waals surface area contributed by atoms with Crippen molar-refractivity contribution in [3.63, 3.8) is 0 Å². The number of carbonyl (C=O) groups is 2. The molecular formula is C14H16N4O3. The predicted molar refractivity (Wildman–Crippen MR) is 79.5 cm³/mol. The van der Waals surface area contributed by atoms with Gasteiger partial charge in [0.1, 0.15) is 11.4 Å². The molecule has 0 saturated heterocycles. The molecule has 1 aromatic rings. The largest absolute Gasteiger partial charge is 0.495 e. The Morgan fingerprint density at radius 2 is 2.05 bits per heavy atom. The van der Waals surface area contributed by atoms with Gasteiger partial charge in [-0.3, -0.25) is 15.0 Å². The summed E-state index contributed by atoms with van der Waals surface area (Å²) < 4.78 is 5.27. The second-order valence-electron chi connectivity index (χ2n) is 4.33. The average molecular weight is 288 g/mol. The van der Waals surface area contributed by atoms with E-state index < -0.39 is 5.91 Å². The van der Waals surface area contributed by atoms with Crippen LogP contribution in [0.5, 0.6) is 5.75 Å². The van der Waals surface area contributed by atoms with Crippen molar-refractivity contribution in [3.8, 4) is 5.75 Å². The molecule has 0 atom stereocenters. The van der Waals surface area contributed by atoms with Crippen LogP contribution in [-0.2, 0) is 4.79 Å². The number of anilines is 1. The van der Waals surface area contributed by atoms with E-state index in [9.17, 15) is 9.59 Å². The Morgan fingerprint density at radius 1 is 1.33 bits per heavy atom. The Morgan fingerprint density at radius 3 is 2.62 bits per heavy atom. The van der Waals surface area contributed by atoms with Crippen LogP contribution in [0.25, 0.3) is 5.57 Å². The number of benzene rings is 1. The third-order valence-electron chi connectivity index (χ3n) is 3.13. The summed E-state index contributed by atoms with van der Waals surface area (Å²) in [6.45, 7) is 3.90. The Labute approximate surface area is 121 Å². The molecule has 1 aliphatic rings. The quantitative estimate of drug-likeness (QED) is 0.365. The van der Waals surface area contributed by atoms with Crippen LogP contribution in [0.1, 0.15) is 15.9 Å². The number of ether oxygens (including phenoxy) is 1. The fourth-order valence-electron chi connectivity index (χ4n) is 2.15. The molecule has 5 N–H and O–H groups in total. The van der Waals surface area contributed by atoms with E-state index in [0.29, 0.717) is 28.1 Å². The summed E-state index contributed by atoms with van der Waals surface area (Å²) in [5.41, 5.74) is 4.31. The molecule has 0 radical (unpaired) electrons. The van der Waals surface area contributed by atoms with E-state index >= 15 is 0 Å². The number of rotatable bonds is 3. The summed E-state index contributed by atoms with van der Waals surface area (Å²) >= 11 is 0. The Balaban J connectivity index is 2.62. The number of allylic oxidation sites excluding steroid dienone is 2. The number of carbonyl (C=O) groups excluding carboxylic acids is 2. The summed E-state index contributed by atoms with van der Waals surface area (Å²) in [6.07, 6.45) is 1.52. The highest BCUT2D eigenvalue weighted by Gasteiger charge is 2.25. The molecule has 0 aromatic heterocycles. The monoisotopic (exact) mass is 288 g/mol.